The Morgan fingerprint density at radius 2 is 1.68 bits per heavy atom. The summed E-state index contributed by atoms with van der Waals surface area (Å²) in [5, 5.41) is 0. The van der Waals surface area contributed by atoms with Crippen LogP contribution in [0.3, 0.4) is 0 Å². The number of hydrogen-bond donors (Lipinski definition) is 0. The molecule has 3 aliphatic rings. The highest BCUT2D eigenvalue weighted by molar-refractivity contribution is 5.93. The van der Waals surface area contributed by atoms with Gasteiger partial charge in [0.05, 0.1) is 30.1 Å². The fraction of sp³-hybridized carbons (Fsp3) is 0.333. The number of hydrogen-bond acceptors (Lipinski definition) is 9. The molecule has 0 saturated carbocycles. The van der Waals surface area contributed by atoms with Crippen LogP contribution in [0.2, 0.25) is 0 Å². The number of para-hydroxylation sites is 2. The second kappa shape index (κ2) is 10.9. The number of likely N-dealkylation sites (N-methyl/N-ethyl adjacent to an activating group) is 1. The highest BCUT2D eigenvalue weighted by Crippen LogP contribution is 2.34. The standard InChI is InChI=1S/C27H28N4O7/c1-29-13-14-30(15-17-35-25(34)20-7-3-2-4-8-20)26(29)28-21-9-5-6-10-22(21)31-16-18-36-27(19-31)37-23(32)11-12-24(33)38-27/h2-12H,13-19H2,1H3. The lowest BCUT2D eigenvalue weighted by molar-refractivity contribution is -0.341. The molecular weight excluding hydrogens is 492 g/mol. The van der Waals surface area contributed by atoms with Crippen LogP contribution < -0.4 is 4.90 Å². The average Bonchev–Trinajstić information content (AvgIpc) is 3.19. The number of esters is 3. The summed E-state index contributed by atoms with van der Waals surface area (Å²) in [5.74, 6) is -2.90. The molecule has 0 aliphatic carbocycles. The van der Waals surface area contributed by atoms with Crippen molar-refractivity contribution in [3.63, 3.8) is 0 Å². The minimum absolute atomic E-state index is 0.0109. The zero-order valence-electron chi connectivity index (χ0n) is 20.9. The van der Waals surface area contributed by atoms with Crippen molar-refractivity contribution in [2.45, 2.75) is 5.97 Å². The molecule has 11 heteroatoms. The molecule has 2 saturated heterocycles. The molecule has 0 aromatic heterocycles. The monoisotopic (exact) mass is 520 g/mol. The van der Waals surface area contributed by atoms with Crippen LogP contribution in [-0.4, -0.2) is 92.6 Å². The lowest BCUT2D eigenvalue weighted by atomic mass is 10.2. The Labute approximate surface area is 219 Å². The first-order chi connectivity index (χ1) is 18.4. The van der Waals surface area contributed by atoms with Gasteiger partial charge in [0.15, 0.2) is 0 Å². The van der Waals surface area contributed by atoms with Gasteiger partial charge in [0.25, 0.3) is 0 Å². The van der Waals surface area contributed by atoms with E-state index in [0.29, 0.717) is 24.3 Å². The van der Waals surface area contributed by atoms with Gasteiger partial charge in [-0.1, -0.05) is 30.3 Å². The third-order valence-electron chi connectivity index (χ3n) is 6.31. The maximum absolute atomic E-state index is 12.3. The summed E-state index contributed by atoms with van der Waals surface area (Å²) in [6, 6.07) is 16.4. The van der Waals surface area contributed by atoms with Crippen molar-refractivity contribution in [1.82, 2.24) is 9.80 Å². The average molecular weight is 521 g/mol. The van der Waals surface area contributed by atoms with E-state index in [2.05, 4.69) is 4.90 Å². The van der Waals surface area contributed by atoms with Gasteiger partial charge in [-0.3, -0.25) is 0 Å². The molecule has 3 aliphatic heterocycles. The van der Waals surface area contributed by atoms with Crippen molar-refractivity contribution in [3.8, 4) is 0 Å². The van der Waals surface area contributed by atoms with E-state index in [1.165, 1.54) is 0 Å². The number of benzene rings is 2. The second-order valence-corrected chi connectivity index (χ2v) is 8.94. The quantitative estimate of drug-likeness (QED) is 0.524. The van der Waals surface area contributed by atoms with E-state index in [-0.39, 0.29) is 25.7 Å². The summed E-state index contributed by atoms with van der Waals surface area (Å²) in [7, 11) is 1.96. The van der Waals surface area contributed by atoms with Crippen molar-refractivity contribution in [1.29, 1.82) is 0 Å². The third-order valence-corrected chi connectivity index (χ3v) is 6.31. The van der Waals surface area contributed by atoms with Crippen LogP contribution in [-0.2, 0) is 28.5 Å². The van der Waals surface area contributed by atoms with Gasteiger partial charge in [-0.15, -0.1) is 0 Å². The molecule has 11 nitrogen and oxygen atoms in total. The number of anilines is 1. The van der Waals surface area contributed by atoms with Crippen molar-refractivity contribution in [2.75, 3.05) is 57.9 Å². The molecule has 0 bridgehead atoms. The predicted molar refractivity (Wildman–Crippen MR) is 137 cm³/mol. The molecule has 5 rings (SSSR count). The molecule has 0 N–H and O–H groups in total. The molecule has 2 aromatic rings. The van der Waals surface area contributed by atoms with Crippen molar-refractivity contribution in [3.05, 3.63) is 72.3 Å². The smallest absolute Gasteiger partial charge is 0.395 e. The van der Waals surface area contributed by atoms with Crippen LogP contribution in [0.15, 0.2) is 71.7 Å². The van der Waals surface area contributed by atoms with Crippen molar-refractivity contribution < 1.29 is 33.3 Å². The molecule has 0 amide bonds. The van der Waals surface area contributed by atoms with Gasteiger partial charge in [0, 0.05) is 38.8 Å². The number of carbonyl (C=O) groups is 3. The Hall–Kier alpha value is -4.38. The van der Waals surface area contributed by atoms with E-state index in [1.807, 2.05) is 47.2 Å². The van der Waals surface area contributed by atoms with Crippen LogP contribution in [0.5, 0.6) is 0 Å². The molecule has 2 fully saturated rings. The third kappa shape index (κ3) is 5.62. The number of aliphatic imine (C=N–C) groups is 1. The number of guanidine groups is 1. The molecule has 38 heavy (non-hydrogen) atoms. The molecule has 1 spiro atoms. The number of nitrogens with zero attached hydrogens (tertiary/aromatic N) is 4. The van der Waals surface area contributed by atoms with Crippen molar-refractivity contribution in [2.24, 2.45) is 4.99 Å². The second-order valence-electron chi connectivity index (χ2n) is 8.94. The topological polar surface area (TPSA) is 110 Å². The minimum atomic E-state index is -1.84. The number of morpholine rings is 1. The highest BCUT2D eigenvalue weighted by atomic mass is 16.9. The summed E-state index contributed by atoms with van der Waals surface area (Å²) >= 11 is 0. The van der Waals surface area contributed by atoms with Gasteiger partial charge in [-0.25, -0.2) is 19.4 Å². The zero-order valence-corrected chi connectivity index (χ0v) is 20.9. The summed E-state index contributed by atoms with van der Waals surface area (Å²) in [5.41, 5.74) is 1.96. The van der Waals surface area contributed by atoms with E-state index < -0.39 is 17.9 Å². The van der Waals surface area contributed by atoms with Gasteiger partial charge >= 0.3 is 23.9 Å². The van der Waals surface area contributed by atoms with Crippen LogP contribution >= 0.6 is 0 Å². The molecular formula is C27H28N4O7. The fourth-order valence-corrected chi connectivity index (χ4v) is 4.45. The fourth-order valence-electron chi connectivity index (χ4n) is 4.45. The van der Waals surface area contributed by atoms with Crippen molar-refractivity contribution >= 4 is 35.2 Å². The van der Waals surface area contributed by atoms with Crippen LogP contribution in [0.25, 0.3) is 0 Å². The molecule has 0 atom stereocenters. The molecule has 2 aromatic carbocycles. The Kier molecular flexibility index (Phi) is 7.27. The highest BCUT2D eigenvalue weighted by Gasteiger charge is 2.46. The molecule has 0 unspecified atom stereocenters. The molecule has 0 radical (unpaired) electrons. The summed E-state index contributed by atoms with van der Waals surface area (Å²) < 4.78 is 21.8. The summed E-state index contributed by atoms with van der Waals surface area (Å²) in [6.07, 6.45) is 2.03. The number of carbonyl (C=O) groups excluding carboxylic acids is 3. The van der Waals surface area contributed by atoms with Crippen LogP contribution in [0.4, 0.5) is 11.4 Å². The number of rotatable bonds is 6. The predicted octanol–water partition coefficient (Wildman–Crippen LogP) is 1.93. The Morgan fingerprint density at radius 1 is 0.974 bits per heavy atom. The van der Waals surface area contributed by atoms with Gasteiger partial charge in [0.2, 0.25) is 5.96 Å². The van der Waals surface area contributed by atoms with Crippen LogP contribution in [0.1, 0.15) is 10.4 Å². The van der Waals surface area contributed by atoms with Gasteiger partial charge < -0.3 is 33.6 Å². The van der Waals surface area contributed by atoms with E-state index in [9.17, 15) is 14.4 Å². The van der Waals surface area contributed by atoms with Crippen LogP contribution in [0, 0.1) is 0 Å². The summed E-state index contributed by atoms with van der Waals surface area (Å²) in [4.78, 5) is 47.3. The number of ether oxygens (including phenoxy) is 4. The SMILES string of the molecule is CN1CCN(CCOC(=O)c2ccccc2)C1=Nc1ccccc1N1CCOC2(C1)OC(=O)C=CC(=O)O2. The lowest BCUT2D eigenvalue weighted by Crippen LogP contribution is -2.56. The lowest BCUT2D eigenvalue weighted by Gasteiger charge is -2.40. The van der Waals surface area contributed by atoms with Gasteiger partial charge in [0.1, 0.15) is 13.2 Å². The van der Waals surface area contributed by atoms with Gasteiger partial charge in [-0.2, -0.15) is 0 Å². The minimum Gasteiger partial charge on any atom is -0.460 e. The maximum Gasteiger partial charge on any atom is 0.395 e. The normalized spacial score (nSPS) is 19.9. The molecule has 3 heterocycles. The van der Waals surface area contributed by atoms with E-state index >= 15 is 0 Å². The largest absolute Gasteiger partial charge is 0.460 e. The Bertz CT molecular complexity index is 1240. The Morgan fingerprint density at radius 3 is 2.45 bits per heavy atom. The van der Waals surface area contributed by atoms with Gasteiger partial charge in [-0.05, 0) is 24.3 Å². The summed E-state index contributed by atoms with van der Waals surface area (Å²) in [6.45, 7) is 2.85. The van der Waals surface area contributed by atoms with E-state index in [1.54, 1.807) is 24.3 Å². The van der Waals surface area contributed by atoms with E-state index in [4.69, 9.17) is 23.9 Å². The maximum atomic E-state index is 12.3. The first kappa shape index (κ1) is 25.3. The Balaban J connectivity index is 1.31. The zero-order chi connectivity index (χ0) is 26.5. The van der Waals surface area contributed by atoms with E-state index in [0.717, 1.165) is 36.9 Å². The first-order valence-corrected chi connectivity index (χ1v) is 12.3. The molecule has 198 valence electrons. The first-order valence-electron chi connectivity index (χ1n) is 12.3.